The van der Waals surface area contributed by atoms with Gasteiger partial charge in [0.05, 0.1) is 12.7 Å². The Labute approximate surface area is 94.8 Å². The van der Waals surface area contributed by atoms with E-state index in [0.717, 1.165) is 35.3 Å². The second-order valence-corrected chi connectivity index (χ2v) is 4.65. The van der Waals surface area contributed by atoms with Gasteiger partial charge in [0.25, 0.3) is 0 Å². The second kappa shape index (κ2) is 3.39. The molecule has 1 aromatic carbocycles. The monoisotopic (exact) mass is 226 g/mol. The Morgan fingerprint density at radius 2 is 2.00 bits per heavy atom. The minimum atomic E-state index is -0.703. The van der Waals surface area contributed by atoms with Crippen LogP contribution in [0.15, 0.2) is 6.07 Å². The van der Waals surface area contributed by atoms with E-state index in [-0.39, 0.29) is 0 Å². The van der Waals surface area contributed by atoms with Gasteiger partial charge in [-0.05, 0) is 43.9 Å². The van der Waals surface area contributed by atoms with Gasteiger partial charge in [-0.3, -0.25) is 0 Å². The van der Waals surface area contributed by atoms with Gasteiger partial charge >= 0.3 is 0 Å². The van der Waals surface area contributed by atoms with Gasteiger partial charge in [-0.1, -0.05) is 11.6 Å². The maximum atomic E-state index is 10.2. The van der Waals surface area contributed by atoms with Gasteiger partial charge in [0, 0.05) is 10.6 Å². The molecule has 1 aliphatic rings. The summed E-state index contributed by atoms with van der Waals surface area (Å²) in [7, 11) is 1.63. The summed E-state index contributed by atoms with van der Waals surface area (Å²) in [6.45, 7) is 3.87. The number of methoxy groups -OCH3 is 1. The van der Waals surface area contributed by atoms with Crippen molar-refractivity contribution in [1.82, 2.24) is 0 Å². The number of aliphatic hydroxyl groups is 1. The molecule has 0 saturated heterocycles. The van der Waals surface area contributed by atoms with E-state index < -0.39 is 5.60 Å². The third-order valence-corrected chi connectivity index (χ3v) is 3.45. The normalized spacial score (nSPS) is 17.7. The molecule has 0 radical (unpaired) electrons. The van der Waals surface area contributed by atoms with Crippen molar-refractivity contribution in [1.29, 1.82) is 0 Å². The Morgan fingerprint density at radius 3 is 2.47 bits per heavy atom. The van der Waals surface area contributed by atoms with Crippen LogP contribution in [0.3, 0.4) is 0 Å². The molecule has 0 heterocycles. The summed E-state index contributed by atoms with van der Waals surface area (Å²) in [5, 5.41) is 10.9. The molecular weight excluding hydrogens is 212 g/mol. The smallest absolute Gasteiger partial charge is 0.128 e. The van der Waals surface area contributed by atoms with Crippen LogP contribution in [0.2, 0.25) is 5.02 Å². The number of hydrogen-bond acceptors (Lipinski definition) is 2. The zero-order valence-electron chi connectivity index (χ0n) is 9.22. The van der Waals surface area contributed by atoms with Crippen LogP contribution in [-0.4, -0.2) is 12.2 Å². The molecule has 1 N–H and O–H groups in total. The first-order valence-corrected chi connectivity index (χ1v) is 5.44. The molecule has 0 aliphatic heterocycles. The third-order valence-electron chi connectivity index (χ3n) is 3.05. The molecule has 0 bridgehead atoms. The maximum Gasteiger partial charge on any atom is 0.128 e. The lowest BCUT2D eigenvalue weighted by atomic mass is 9.97. The molecule has 3 heteroatoms. The molecule has 1 saturated carbocycles. The van der Waals surface area contributed by atoms with Crippen LogP contribution in [0.25, 0.3) is 0 Å². The second-order valence-electron chi connectivity index (χ2n) is 4.24. The fourth-order valence-corrected chi connectivity index (χ4v) is 2.30. The number of hydrogen-bond donors (Lipinski definition) is 1. The topological polar surface area (TPSA) is 29.5 Å². The highest BCUT2D eigenvalue weighted by Gasteiger charge is 2.46. The van der Waals surface area contributed by atoms with E-state index in [4.69, 9.17) is 16.3 Å². The molecule has 0 spiro atoms. The summed E-state index contributed by atoms with van der Waals surface area (Å²) in [6.07, 6.45) is 1.59. The molecule has 0 unspecified atom stereocenters. The number of aryl methyl sites for hydroxylation is 1. The molecule has 1 fully saturated rings. The Morgan fingerprint density at radius 1 is 1.40 bits per heavy atom. The largest absolute Gasteiger partial charge is 0.496 e. The summed E-state index contributed by atoms with van der Waals surface area (Å²) in [5.74, 6) is 0.775. The Kier molecular flexibility index (Phi) is 2.44. The van der Waals surface area contributed by atoms with Crippen LogP contribution in [0.1, 0.15) is 29.5 Å². The van der Waals surface area contributed by atoms with Crippen molar-refractivity contribution in [3.8, 4) is 5.75 Å². The lowest BCUT2D eigenvalue weighted by Crippen LogP contribution is -2.10. The van der Waals surface area contributed by atoms with E-state index in [9.17, 15) is 5.11 Å². The average Bonchev–Trinajstić information content (AvgIpc) is 2.90. The summed E-state index contributed by atoms with van der Waals surface area (Å²) in [5.41, 5.74) is 2.07. The summed E-state index contributed by atoms with van der Waals surface area (Å²) in [4.78, 5) is 0. The first-order chi connectivity index (χ1) is 6.99. The zero-order valence-corrected chi connectivity index (χ0v) is 9.98. The SMILES string of the molecule is COc1c(C)cc(Cl)c(C)c1C1(O)CC1. The predicted molar refractivity (Wildman–Crippen MR) is 60.6 cm³/mol. The van der Waals surface area contributed by atoms with Crippen molar-refractivity contribution >= 4 is 11.6 Å². The van der Waals surface area contributed by atoms with Crippen LogP contribution in [0.5, 0.6) is 5.75 Å². The van der Waals surface area contributed by atoms with Crippen molar-refractivity contribution in [2.75, 3.05) is 7.11 Å². The van der Waals surface area contributed by atoms with Gasteiger partial charge < -0.3 is 9.84 Å². The Hall–Kier alpha value is -0.730. The predicted octanol–water partition coefficient (Wildman–Crippen LogP) is 2.95. The van der Waals surface area contributed by atoms with Gasteiger partial charge in [0.1, 0.15) is 5.75 Å². The molecule has 0 aromatic heterocycles. The Balaban J connectivity index is 2.68. The van der Waals surface area contributed by atoms with Crippen molar-refractivity contribution in [3.63, 3.8) is 0 Å². The average molecular weight is 227 g/mol. The molecule has 2 rings (SSSR count). The first kappa shape index (κ1) is 10.8. The zero-order chi connectivity index (χ0) is 11.2. The summed E-state index contributed by atoms with van der Waals surface area (Å²) >= 11 is 6.12. The molecular formula is C12H15ClO2. The van der Waals surface area contributed by atoms with Crippen molar-refractivity contribution in [2.24, 2.45) is 0 Å². The maximum absolute atomic E-state index is 10.2. The highest BCUT2D eigenvalue weighted by Crippen LogP contribution is 2.52. The fourth-order valence-electron chi connectivity index (χ4n) is 2.04. The molecule has 15 heavy (non-hydrogen) atoms. The van der Waals surface area contributed by atoms with Gasteiger partial charge in [-0.2, -0.15) is 0 Å². The van der Waals surface area contributed by atoms with Gasteiger partial charge in [0.2, 0.25) is 0 Å². The number of halogens is 1. The van der Waals surface area contributed by atoms with Crippen LogP contribution in [0, 0.1) is 13.8 Å². The number of ether oxygens (including phenoxy) is 1. The van der Waals surface area contributed by atoms with Gasteiger partial charge in [0.15, 0.2) is 0 Å². The van der Waals surface area contributed by atoms with E-state index in [0.29, 0.717) is 5.02 Å². The van der Waals surface area contributed by atoms with Gasteiger partial charge in [-0.15, -0.1) is 0 Å². The van der Waals surface area contributed by atoms with Crippen LogP contribution in [-0.2, 0) is 5.60 Å². The van der Waals surface area contributed by atoms with Crippen molar-refractivity contribution in [3.05, 3.63) is 27.8 Å². The molecule has 2 nitrogen and oxygen atoms in total. The van der Waals surface area contributed by atoms with E-state index in [2.05, 4.69) is 0 Å². The third kappa shape index (κ3) is 1.62. The lowest BCUT2D eigenvalue weighted by molar-refractivity contribution is 0.146. The highest BCUT2D eigenvalue weighted by molar-refractivity contribution is 6.31. The molecule has 1 aliphatic carbocycles. The van der Waals surface area contributed by atoms with Crippen LogP contribution in [0.4, 0.5) is 0 Å². The highest BCUT2D eigenvalue weighted by atomic mass is 35.5. The molecule has 82 valence electrons. The first-order valence-electron chi connectivity index (χ1n) is 5.06. The van der Waals surface area contributed by atoms with Crippen molar-refractivity contribution < 1.29 is 9.84 Å². The fraction of sp³-hybridized carbons (Fsp3) is 0.500. The quantitative estimate of drug-likeness (QED) is 0.840. The molecule has 0 amide bonds. The molecule has 0 atom stereocenters. The van der Waals surface area contributed by atoms with Crippen LogP contribution >= 0.6 is 11.6 Å². The Bertz CT molecular complexity index is 409. The minimum Gasteiger partial charge on any atom is -0.496 e. The standard InChI is InChI=1S/C12H15ClO2/c1-7-6-9(13)8(2)10(11(7)15-3)12(14)4-5-12/h6,14H,4-5H2,1-3H3. The van der Waals surface area contributed by atoms with E-state index >= 15 is 0 Å². The van der Waals surface area contributed by atoms with Crippen LogP contribution < -0.4 is 4.74 Å². The van der Waals surface area contributed by atoms with Gasteiger partial charge in [-0.25, -0.2) is 0 Å². The number of rotatable bonds is 2. The van der Waals surface area contributed by atoms with E-state index in [1.54, 1.807) is 7.11 Å². The van der Waals surface area contributed by atoms with Crippen molar-refractivity contribution in [2.45, 2.75) is 32.3 Å². The summed E-state index contributed by atoms with van der Waals surface area (Å²) in [6, 6.07) is 1.88. The molecule has 1 aromatic rings. The minimum absolute atomic E-state index is 0.698. The lowest BCUT2D eigenvalue weighted by Gasteiger charge is -2.19. The van der Waals surface area contributed by atoms with E-state index in [1.165, 1.54) is 0 Å². The summed E-state index contributed by atoms with van der Waals surface area (Å²) < 4.78 is 5.36. The van der Waals surface area contributed by atoms with E-state index in [1.807, 2.05) is 19.9 Å². The number of benzene rings is 1.